The first-order valence-corrected chi connectivity index (χ1v) is 5.31. The minimum absolute atomic E-state index is 0.638. The molecule has 0 radical (unpaired) electrons. The first-order valence-electron chi connectivity index (χ1n) is 4.55. The number of aromatic nitrogens is 1. The third-order valence-corrected chi connectivity index (χ3v) is 2.70. The number of rotatable bonds is 1. The summed E-state index contributed by atoms with van der Waals surface area (Å²) in [5.74, 6) is 0. The highest BCUT2D eigenvalue weighted by Crippen LogP contribution is 2.34. The first-order chi connectivity index (χ1) is 7.18. The van der Waals surface area contributed by atoms with E-state index < -0.39 is 0 Å². The lowest BCUT2D eigenvalue weighted by Crippen LogP contribution is -1.86. The summed E-state index contributed by atoms with van der Waals surface area (Å²) in [5.41, 5.74) is 2.64. The van der Waals surface area contributed by atoms with Crippen LogP contribution in [0.3, 0.4) is 0 Å². The van der Waals surface area contributed by atoms with E-state index in [-0.39, 0.29) is 0 Å². The average molecular weight is 238 g/mol. The average Bonchev–Trinajstić information content (AvgIpc) is 2.17. The zero-order chi connectivity index (χ0) is 10.8. The molecule has 0 bridgehead atoms. The van der Waals surface area contributed by atoms with Crippen LogP contribution in [0.15, 0.2) is 36.5 Å². The maximum atomic E-state index is 6.14. The van der Waals surface area contributed by atoms with E-state index in [2.05, 4.69) is 4.98 Å². The Morgan fingerprint density at radius 2 is 1.73 bits per heavy atom. The van der Waals surface area contributed by atoms with Crippen LogP contribution in [-0.4, -0.2) is 4.98 Å². The van der Waals surface area contributed by atoms with Crippen molar-refractivity contribution in [1.82, 2.24) is 4.98 Å². The van der Waals surface area contributed by atoms with Crippen molar-refractivity contribution in [2.45, 2.75) is 6.92 Å². The number of halogens is 2. The molecule has 0 spiro atoms. The Balaban J connectivity index is 2.64. The van der Waals surface area contributed by atoms with Gasteiger partial charge in [-0.25, -0.2) is 0 Å². The van der Waals surface area contributed by atoms with Gasteiger partial charge in [-0.3, -0.25) is 4.98 Å². The number of hydrogen-bond acceptors (Lipinski definition) is 1. The Morgan fingerprint density at radius 1 is 1.07 bits per heavy atom. The standard InChI is InChI=1S/C12H9Cl2N/c1-8-6-9(13)12(10(14)7-8)11-4-2-3-5-15-11/h2-7H,1H3. The van der Waals surface area contributed by atoms with Crippen molar-refractivity contribution in [2.24, 2.45) is 0 Å². The van der Waals surface area contributed by atoms with E-state index in [0.717, 1.165) is 16.8 Å². The molecular weight excluding hydrogens is 229 g/mol. The molecule has 0 N–H and O–H groups in total. The third kappa shape index (κ3) is 2.14. The topological polar surface area (TPSA) is 12.9 Å². The lowest BCUT2D eigenvalue weighted by molar-refractivity contribution is 1.32. The van der Waals surface area contributed by atoms with E-state index in [4.69, 9.17) is 23.2 Å². The molecule has 2 aromatic rings. The van der Waals surface area contributed by atoms with Gasteiger partial charge in [-0.05, 0) is 36.8 Å². The molecule has 0 saturated heterocycles. The summed E-state index contributed by atoms with van der Waals surface area (Å²) in [7, 11) is 0. The molecule has 0 aliphatic rings. The molecule has 0 amide bonds. The third-order valence-electron chi connectivity index (χ3n) is 2.11. The van der Waals surface area contributed by atoms with Crippen LogP contribution in [0.4, 0.5) is 0 Å². The van der Waals surface area contributed by atoms with Crippen molar-refractivity contribution >= 4 is 23.2 Å². The van der Waals surface area contributed by atoms with Gasteiger partial charge >= 0.3 is 0 Å². The van der Waals surface area contributed by atoms with Gasteiger partial charge in [0.05, 0.1) is 15.7 Å². The normalized spacial score (nSPS) is 10.3. The molecule has 0 aliphatic heterocycles. The highest BCUT2D eigenvalue weighted by molar-refractivity contribution is 6.39. The molecule has 1 nitrogen and oxygen atoms in total. The van der Waals surface area contributed by atoms with Gasteiger partial charge in [0.1, 0.15) is 0 Å². The van der Waals surface area contributed by atoms with Crippen molar-refractivity contribution in [3.63, 3.8) is 0 Å². The van der Waals surface area contributed by atoms with Crippen molar-refractivity contribution in [2.75, 3.05) is 0 Å². The first kappa shape index (κ1) is 10.5. The quantitative estimate of drug-likeness (QED) is 0.719. The van der Waals surface area contributed by atoms with E-state index in [0.29, 0.717) is 10.0 Å². The van der Waals surface area contributed by atoms with Gasteiger partial charge in [0.25, 0.3) is 0 Å². The molecule has 1 aromatic heterocycles. The fraction of sp³-hybridized carbons (Fsp3) is 0.0833. The van der Waals surface area contributed by atoms with Crippen molar-refractivity contribution in [3.8, 4) is 11.3 Å². The predicted molar refractivity (Wildman–Crippen MR) is 64.4 cm³/mol. The van der Waals surface area contributed by atoms with E-state index in [9.17, 15) is 0 Å². The SMILES string of the molecule is Cc1cc(Cl)c(-c2ccccn2)c(Cl)c1. The van der Waals surface area contributed by atoms with Gasteiger partial charge in [0.2, 0.25) is 0 Å². The van der Waals surface area contributed by atoms with Crippen molar-refractivity contribution < 1.29 is 0 Å². The summed E-state index contributed by atoms with van der Waals surface area (Å²) in [5, 5.41) is 1.28. The van der Waals surface area contributed by atoms with Crippen LogP contribution in [-0.2, 0) is 0 Å². The summed E-state index contributed by atoms with van der Waals surface area (Å²) < 4.78 is 0. The summed E-state index contributed by atoms with van der Waals surface area (Å²) in [6, 6.07) is 9.44. The van der Waals surface area contributed by atoms with Crippen LogP contribution in [0.1, 0.15) is 5.56 Å². The lowest BCUT2D eigenvalue weighted by atomic mass is 10.1. The zero-order valence-electron chi connectivity index (χ0n) is 8.17. The fourth-order valence-electron chi connectivity index (χ4n) is 1.46. The van der Waals surface area contributed by atoms with E-state index in [1.165, 1.54) is 0 Å². The largest absolute Gasteiger partial charge is 0.256 e. The highest BCUT2D eigenvalue weighted by atomic mass is 35.5. The second-order valence-electron chi connectivity index (χ2n) is 3.32. The van der Waals surface area contributed by atoms with Gasteiger partial charge in [-0.15, -0.1) is 0 Å². The summed E-state index contributed by atoms with van der Waals surface area (Å²) >= 11 is 12.3. The molecule has 0 atom stereocenters. The monoisotopic (exact) mass is 237 g/mol. The molecule has 0 unspecified atom stereocenters. The predicted octanol–water partition coefficient (Wildman–Crippen LogP) is 4.36. The number of pyridine rings is 1. The van der Waals surface area contributed by atoms with Crippen molar-refractivity contribution in [1.29, 1.82) is 0 Å². The van der Waals surface area contributed by atoms with Crippen LogP contribution < -0.4 is 0 Å². The van der Waals surface area contributed by atoms with E-state index in [1.54, 1.807) is 6.20 Å². The zero-order valence-corrected chi connectivity index (χ0v) is 9.68. The van der Waals surface area contributed by atoms with Crippen LogP contribution >= 0.6 is 23.2 Å². The molecule has 0 saturated carbocycles. The Bertz CT molecular complexity index is 457. The van der Waals surface area contributed by atoms with Gasteiger partial charge in [0, 0.05) is 11.8 Å². The molecule has 3 heteroatoms. The molecular formula is C12H9Cl2N. The van der Waals surface area contributed by atoms with Crippen LogP contribution in [0.2, 0.25) is 10.0 Å². The van der Waals surface area contributed by atoms with E-state index >= 15 is 0 Å². The Hall–Kier alpha value is -1.05. The second kappa shape index (κ2) is 4.21. The van der Waals surface area contributed by atoms with Crippen LogP contribution in [0, 0.1) is 6.92 Å². The van der Waals surface area contributed by atoms with Crippen LogP contribution in [0.5, 0.6) is 0 Å². The molecule has 15 heavy (non-hydrogen) atoms. The number of hydrogen-bond donors (Lipinski definition) is 0. The fourth-order valence-corrected chi connectivity index (χ4v) is 2.24. The highest BCUT2D eigenvalue weighted by Gasteiger charge is 2.09. The van der Waals surface area contributed by atoms with Gasteiger partial charge in [-0.1, -0.05) is 29.3 Å². The van der Waals surface area contributed by atoms with Gasteiger partial charge in [-0.2, -0.15) is 0 Å². The molecule has 0 aliphatic carbocycles. The Labute approximate surface area is 98.7 Å². The second-order valence-corrected chi connectivity index (χ2v) is 4.13. The molecule has 2 rings (SSSR count). The van der Waals surface area contributed by atoms with Crippen LogP contribution in [0.25, 0.3) is 11.3 Å². The smallest absolute Gasteiger partial charge is 0.0731 e. The van der Waals surface area contributed by atoms with Gasteiger partial charge < -0.3 is 0 Å². The Kier molecular flexibility index (Phi) is 2.94. The molecule has 1 aromatic carbocycles. The molecule has 76 valence electrons. The summed E-state index contributed by atoms with van der Waals surface area (Å²) in [6.45, 7) is 1.96. The summed E-state index contributed by atoms with van der Waals surface area (Å²) in [4.78, 5) is 4.23. The number of benzene rings is 1. The van der Waals surface area contributed by atoms with E-state index in [1.807, 2.05) is 37.3 Å². The minimum Gasteiger partial charge on any atom is -0.256 e. The maximum absolute atomic E-state index is 6.14. The molecule has 0 fully saturated rings. The summed E-state index contributed by atoms with van der Waals surface area (Å²) in [6.07, 6.45) is 1.72. The minimum atomic E-state index is 0.638. The maximum Gasteiger partial charge on any atom is 0.0731 e. The Morgan fingerprint density at radius 3 is 2.27 bits per heavy atom. The molecule has 1 heterocycles. The lowest BCUT2D eigenvalue weighted by Gasteiger charge is -2.07. The number of nitrogens with zero attached hydrogens (tertiary/aromatic N) is 1. The number of aryl methyl sites for hydroxylation is 1. The van der Waals surface area contributed by atoms with Gasteiger partial charge in [0.15, 0.2) is 0 Å². The van der Waals surface area contributed by atoms with Crippen molar-refractivity contribution in [3.05, 3.63) is 52.1 Å².